The van der Waals surface area contributed by atoms with Crippen molar-refractivity contribution < 1.29 is 0 Å². The van der Waals surface area contributed by atoms with Gasteiger partial charge in [-0.1, -0.05) is 29.5 Å². The molecule has 0 aliphatic rings. The molecule has 0 heterocycles. The third-order valence-electron chi connectivity index (χ3n) is 3.48. The van der Waals surface area contributed by atoms with Crippen molar-refractivity contribution in [3.8, 4) is 0 Å². The molecule has 0 unspecified atom stereocenters. The molecule has 2 aromatic carbocycles. The van der Waals surface area contributed by atoms with Crippen LogP contribution in [0.2, 0.25) is 0 Å². The maximum absolute atomic E-state index is 5.32. The zero-order valence-electron chi connectivity index (χ0n) is 14.4. The molecule has 0 aliphatic heterocycles. The molecule has 128 valence electrons. The molecule has 0 aliphatic carbocycles. The number of anilines is 1. The van der Waals surface area contributed by atoms with Gasteiger partial charge in [0.15, 0.2) is 5.11 Å². The lowest BCUT2D eigenvalue weighted by atomic mass is 10.2. The highest BCUT2D eigenvalue weighted by Gasteiger charge is 2.03. The van der Waals surface area contributed by atoms with Crippen molar-refractivity contribution in [3.05, 3.63) is 53.6 Å². The summed E-state index contributed by atoms with van der Waals surface area (Å²) in [5.74, 6) is 1.15. The molecule has 0 atom stereocenters. The van der Waals surface area contributed by atoms with Crippen LogP contribution in [0.5, 0.6) is 0 Å². The Morgan fingerprint density at radius 3 is 2.50 bits per heavy atom. The second kappa shape index (κ2) is 9.97. The third kappa shape index (κ3) is 6.38. The highest BCUT2D eigenvalue weighted by atomic mass is 32.2. The van der Waals surface area contributed by atoms with Crippen LogP contribution in [0.3, 0.4) is 0 Å². The van der Waals surface area contributed by atoms with Gasteiger partial charge in [0, 0.05) is 22.0 Å². The standard InChI is InChI=1S/C19H24N2S3/c1-14-5-10-18(15(2)13-14)24-17-8-6-16(7-9-17)21-19(22)20-11-4-12-23-3/h5-10,13H,4,11-12H2,1-3H3,(H2,20,21,22). The summed E-state index contributed by atoms with van der Waals surface area (Å²) in [5.41, 5.74) is 3.63. The van der Waals surface area contributed by atoms with Crippen molar-refractivity contribution in [2.75, 3.05) is 23.9 Å². The summed E-state index contributed by atoms with van der Waals surface area (Å²) < 4.78 is 0. The van der Waals surface area contributed by atoms with Crippen molar-refractivity contribution in [1.29, 1.82) is 0 Å². The fourth-order valence-electron chi connectivity index (χ4n) is 2.24. The Morgan fingerprint density at radius 1 is 1.08 bits per heavy atom. The number of hydrogen-bond acceptors (Lipinski definition) is 3. The summed E-state index contributed by atoms with van der Waals surface area (Å²) in [5, 5.41) is 7.15. The van der Waals surface area contributed by atoms with Crippen LogP contribution < -0.4 is 10.6 Å². The smallest absolute Gasteiger partial charge is 0.170 e. The van der Waals surface area contributed by atoms with Crippen LogP contribution in [0.4, 0.5) is 5.69 Å². The Balaban J connectivity index is 1.87. The molecule has 0 aromatic heterocycles. The summed E-state index contributed by atoms with van der Waals surface area (Å²) in [6.07, 6.45) is 3.24. The van der Waals surface area contributed by atoms with Crippen molar-refractivity contribution >= 4 is 46.5 Å². The van der Waals surface area contributed by atoms with E-state index in [4.69, 9.17) is 12.2 Å². The van der Waals surface area contributed by atoms with Gasteiger partial charge >= 0.3 is 0 Å². The molecule has 2 aromatic rings. The molecular formula is C19H24N2S3. The number of thiocarbonyl (C=S) groups is 1. The first-order chi connectivity index (χ1) is 11.6. The maximum atomic E-state index is 5.32. The first-order valence-electron chi connectivity index (χ1n) is 7.97. The third-order valence-corrected chi connectivity index (χ3v) is 5.61. The van der Waals surface area contributed by atoms with Crippen LogP contribution in [0.15, 0.2) is 52.3 Å². The van der Waals surface area contributed by atoms with Crippen LogP contribution in [0.1, 0.15) is 17.5 Å². The van der Waals surface area contributed by atoms with E-state index in [0.29, 0.717) is 5.11 Å². The summed E-state index contributed by atoms with van der Waals surface area (Å²) in [4.78, 5) is 2.53. The molecule has 0 fully saturated rings. The van der Waals surface area contributed by atoms with Gasteiger partial charge in [-0.2, -0.15) is 11.8 Å². The average Bonchev–Trinajstić information content (AvgIpc) is 2.56. The Kier molecular flexibility index (Phi) is 7.95. The minimum Gasteiger partial charge on any atom is -0.362 e. The van der Waals surface area contributed by atoms with Gasteiger partial charge in [-0.3, -0.25) is 0 Å². The van der Waals surface area contributed by atoms with Gasteiger partial charge in [0.05, 0.1) is 0 Å². The molecule has 0 saturated heterocycles. The topological polar surface area (TPSA) is 24.1 Å². The van der Waals surface area contributed by atoms with Gasteiger partial charge in [-0.05, 0) is 80.4 Å². The highest BCUT2D eigenvalue weighted by Crippen LogP contribution is 2.31. The quantitative estimate of drug-likeness (QED) is 0.491. The summed E-state index contributed by atoms with van der Waals surface area (Å²) in [6.45, 7) is 5.19. The highest BCUT2D eigenvalue weighted by molar-refractivity contribution is 7.99. The van der Waals surface area contributed by atoms with E-state index in [0.717, 1.165) is 24.4 Å². The van der Waals surface area contributed by atoms with Gasteiger partial charge in [-0.15, -0.1) is 0 Å². The number of nitrogens with one attached hydrogen (secondary N) is 2. The van der Waals surface area contributed by atoms with Crippen molar-refractivity contribution in [1.82, 2.24) is 5.32 Å². The van der Waals surface area contributed by atoms with Crippen LogP contribution in [0.25, 0.3) is 0 Å². The molecule has 5 heteroatoms. The van der Waals surface area contributed by atoms with E-state index in [1.54, 1.807) is 11.8 Å². The maximum Gasteiger partial charge on any atom is 0.170 e. The Morgan fingerprint density at radius 2 is 1.83 bits per heavy atom. The number of rotatable bonds is 7. The largest absolute Gasteiger partial charge is 0.362 e. The lowest BCUT2D eigenvalue weighted by Crippen LogP contribution is -2.29. The van der Waals surface area contributed by atoms with Gasteiger partial charge in [0.25, 0.3) is 0 Å². The van der Waals surface area contributed by atoms with Gasteiger partial charge in [0.2, 0.25) is 0 Å². The van der Waals surface area contributed by atoms with E-state index in [2.05, 4.69) is 73.2 Å². The molecular weight excluding hydrogens is 352 g/mol. The summed E-state index contributed by atoms with van der Waals surface area (Å²) in [6, 6.07) is 15.0. The molecule has 2 nitrogen and oxygen atoms in total. The lowest BCUT2D eigenvalue weighted by Gasteiger charge is -2.11. The monoisotopic (exact) mass is 376 g/mol. The van der Waals surface area contributed by atoms with Crippen LogP contribution >= 0.6 is 35.7 Å². The predicted molar refractivity (Wildman–Crippen MR) is 114 cm³/mol. The molecule has 2 rings (SSSR count). The first kappa shape index (κ1) is 19.2. The zero-order chi connectivity index (χ0) is 17.4. The molecule has 2 N–H and O–H groups in total. The fourth-order valence-corrected chi connectivity index (χ4v) is 3.78. The molecule has 0 spiro atoms. The number of hydrogen-bond donors (Lipinski definition) is 2. The Labute approximate surface area is 159 Å². The summed E-state index contributed by atoms with van der Waals surface area (Å²) in [7, 11) is 0. The minimum absolute atomic E-state index is 0.686. The number of thioether (sulfide) groups is 1. The van der Waals surface area contributed by atoms with E-state index in [9.17, 15) is 0 Å². The summed E-state index contributed by atoms with van der Waals surface area (Å²) >= 11 is 8.96. The van der Waals surface area contributed by atoms with Crippen molar-refractivity contribution in [3.63, 3.8) is 0 Å². The number of aryl methyl sites for hydroxylation is 2. The molecule has 0 bridgehead atoms. The van der Waals surface area contributed by atoms with Crippen LogP contribution in [-0.2, 0) is 0 Å². The lowest BCUT2D eigenvalue weighted by molar-refractivity contribution is 0.855. The van der Waals surface area contributed by atoms with E-state index < -0.39 is 0 Å². The predicted octanol–water partition coefficient (Wildman–Crippen LogP) is 5.49. The number of benzene rings is 2. The van der Waals surface area contributed by atoms with E-state index in [1.807, 2.05) is 11.8 Å². The fraction of sp³-hybridized carbons (Fsp3) is 0.316. The van der Waals surface area contributed by atoms with E-state index in [1.165, 1.54) is 20.9 Å². The van der Waals surface area contributed by atoms with Gasteiger partial charge in [-0.25, -0.2) is 0 Å². The first-order valence-corrected chi connectivity index (χ1v) is 10.6. The van der Waals surface area contributed by atoms with Gasteiger partial charge in [0.1, 0.15) is 0 Å². The second-order valence-corrected chi connectivity index (χ2v) is 8.13. The van der Waals surface area contributed by atoms with Crippen LogP contribution in [0, 0.1) is 13.8 Å². The van der Waals surface area contributed by atoms with E-state index in [-0.39, 0.29) is 0 Å². The van der Waals surface area contributed by atoms with Gasteiger partial charge < -0.3 is 10.6 Å². The second-order valence-electron chi connectivity index (χ2n) is 5.62. The van der Waals surface area contributed by atoms with Crippen molar-refractivity contribution in [2.45, 2.75) is 30.1 Å². The average molecular weight is 377 g/mol. The molecule has 0 amide bonds. The molecule has 0 radical (unpaired) electrons. The Bertz CT molecular complexity index is 669. The zero-order valence-corrected chi connectivity index (χ0v) is 16.8. The normalized spacial score (nSPS) is 10.5. The Hall–Kier alpha value is -1.17. The van der Waals surface area contributed by atoms with Crippen molar-refractivity contribution in [2.24, 2.45) is 0 Å². The SMILES string of the molecule is CSCCCNC(=S)Nc1ccc(Sc2ccc(C)cc2C)cc1. The minimum atomic E-state index is 0.686. The van der Waals surface area contributed by atoms with E-state index >= 15 is 0 Å². The van der Waals surface area contributed by atoms with Crippen LogP contribution in [-0.4, -0.2) is 23.7 Å². The molecule has 24 heavy (non-hydrogen) atoms. The molecule has 0 saturated carbocycles.